The minimum atomic E-state index is -4.79. The molecular weight excluding hydrogens is 669 g/mol. The number of sulfonamides is 1. The summed E-state index contributed by atoms with van der Waals surface area (Å²) in [7, 11) is -5.77. The summed E-state index contributed by atoms with van der Waals surface area (Å²) in [6, 6.07) is 5.83. The van der Waals surface area contributed by atoms with E-state index in [0.29, 0.717) is 43.6 Å². The topological polar surface area (TPSA) is 94.4 Å². The van der Waals surface area contributed by atoms with Gasteiger partial charge in [0.15, 0.2) is 8.24 Å². The van der Waals surface area contributed by atoms with E-state index in [0.717, 1.165) is 12.1 Å². The Balaban J connectivity index is 1.96. The molecule has 0 bridgehead atoms. The van der Waals surface area contributed by atoms with Crippen LogP contribution in [0.4, 0.5) is 18.9 Å². The molecule has 4 rings (SSSR count). The molecule has 0 atom stereocenters. The molecule has 0 aliphatic carbocycles. The van der Waals surface area contributed by atoms with E-state index >= 15 is 0 Å². The molecule has 8 nitrogen and oxygen atoms in total. The summed E-state index contributed by atoms with van der Waals surface area (Å²) >= 11 is 6.29. The van der Waals surface area contributed by atoms with Gasteiger partial charge in [-0.2, -0.15) is 13.2 Å². The molecule has 0 unspecified atom stereocenters. The molecule has 254 valence electrons. The van der Waals surface area contributed by atoms with Crippen LogP contribution < -0.4 is 4.31 Å². The number of anilines is 1. The number of carbonyl (C=O) groups excluding carboxylic acids is 1. The van der Waals surface area contributed by atoms with E-state index in [9.17, 15) is 26.4 Å². The number of halogens is 4. The van der Waals surface area contributed by atoms with Crippen molar-refractivity contribution in [2.45, 2.75) is 83.1 Å². The largest absolute Gasteiger partial charge is 0.416 e. The van der Waals surface area contributed by atoms with Crippen molar-refractivity contribution in [1.29, 1.82) is 0 Å². The average Bonchev–Trinajstić information content (AvgIpc) is 3.38. The van der Waals surface area contributed by atoms with E-state index in [1.807, 2.05) is 12.3 Å². The van der Waals surface area contributed by atoms with Gasteiger partial charge in [-0.1, -0.05) is 59.2 Å². The van der Waals surface area contributed by atoms with Crippen LogP contribution in [0.5, 0.6) is 0 Å². The molecule has 0 saturated heterocycles. The monoisotopic (exact) mass is 708 g/mol. The maximum atomic E-state index is 14.5. The van der Waals surface area contributed by atoms with Gasteiger partial charge >= 0.3 is 6.18 Å². The number of ketones is 1. The molecule has 0 saturated carbocycles. The second-order valence-electron chi connectivity index (χ2n) is 12.7. The first-order valence-corrected chi connectivity index (χ1v) is 19.2. The number of pyridine rings is 2. The van der Waals surface area contributed by atoms with Crippen LogP contribution in [-0.4, -0.2) is 50.5 Å². The fourth-order valence-corrected chi connectivity index (χ4v) is 15.2. The minimum Gasteiger partial charge on any atom is -0.363 e. The predicted octanol–water partition coefficient (Wildman–Crippen LogP) is 8.77. The van der Waals surface area contributed by atoms with Crippen molar-refractivity contribution in [3.05, 3.63) is 81.9 Å². The molecule has 0 fully saturated rings. The fourth-order valence-electron chi connectivity index (χ4n) is 7.13. The Bertz CT molecular complexity index is 1910. The van der Waals surface area contributed by atoms with Crippen LogP contribution in [0.25, 0.3) is 11.0 Å². The van der Waals surface area contributed by atoms with Crippen LogP contribution in [0, 0.1) is 13.8 Å². The van der Waals surface area contributed by atoms with Crippen molar-refractivity contribution in [1.82, 2.24) is 14.2 Å². The number of ether oxygens (including phenoxy) is 1. The first-order chi connectivity index (χ1) is 21.8. The van der Waals surface area contributed by atoms with Crippen molar-refractivity contribution in [2.75, 3.05) is 18.1 Å². The van der Waals surface area contributed by atoms with Gasteiger partial charge in [-0.05, 0) is 72.1 Å². The zero-order valence-electron chi connectivity index (χ0n) is 27.9. The van der Waals surface area contributed by atoms with Gasteiger partial charge in [0.25, 0.3) is 10.0 Å². The Morgan fingerprint density at radius 1 is 0.979 bits per heavy atom. The number of hydrogen-bond acceptors (Lipinski definition) is 6. The first-order valence-electron chi connectivity index (χ1n) is 15.2. The molecule has 3 aromatic heterocycles. The molecular formula is C33H40ClF3N4O4SSi. The number of aromatic nitrogens is 3. The molecule has 0 aliphatic heterocycles. The van der Waals surface area contributed by atoms with Gasteiger partial charge in [-0.3, -0.25) is 4.79 Å². The number of aryl methyl sites for hydroxylation is 2. The van der Waals surface area contributed by atoms with E-state index in [-0.39, 0.29) is 27.5 Å². The molecule has 1 aromatic carbocycles. The Morgan fingerprint density at radius 3 is 2.15 bits per heavy atom. The normalized spacial score (nSPS) is 12.9. The molecule has 3 heterocycles. The Hall–Kier alpha value is -3.26. The zero-order valence-corrected chi connectivity index (χ0v) is 30.5. The highest BCUT2D eigenvalue weighted by atomic mass is 35.5. The number of methoxy groups -OCH3 is 1. The Morgan fingerprint density at radius 2 is 1.60 bits per heavy atom. The Labute approximate surface area is 280 Å². The SMILES string of the molecule is COCN(c1cc(Cl)cnc1C(=O)c1c(C)cnc2c1ccn2[Si](C(C)C)(C(C)C)C(C)C)S(=O)(=O)c1ccc(C)c(C(F)(F)F)c1. The summed E-state index contributed by atoms with van der Waals surface area (Å²) in [5, 5.41) is 0.600. The second-order valence-corrected chi connectivity index (χ2v) is 20.7. The number of benzene rings is 1. The lowest BCUT2D eigenvalue weighted by Crippen LogP contribution is -2.51. The minimum absolute atomic E-state index is 0.0112. The van der Waals surface area contributed by atoms with Gasteiger partial charge in [0.1, 0.15) is 18.1 Å². The van der Waals surface area contributed by atoms with Crippen molar-refractivity contribution < 1.29 is 31.1 Å². The van der Waals surface area contributed by atoms with Gasteiger partial charge in [-0.25, -0.2) is 22.7 Å². The number of rotatable bonds is 11. The Kier molecular flexibility index (Phi) is 10.4. The van der Waals surface area contributed by atoms with Crippen molar-refractivity contribution >= 4 is 52.4 Å². The summed E-state index contributed by atoms with van der Waals surface area (Å²) < 4.78 is 77.5. The zero-order chi connectivity index (χ0) is 35.2. The van der Waals surface area contributed by atoms with E-state index in [4.69, 9.17) is 21.3 Å². The fraction of sp³-hybridized carbons (Fsp3) is 0.424. The van der Waals surface area contributed by atoms with Crippen LogP contribution >= 0.6 is 11.6 Å². The maximum Gasteiger partial charge on any atom is 0.416 e. The third kappa shape index (κ3) is 6.34. The quantitative estimate of drug-likeness (QED) is 0.0879. The van der Waals surface area contributed by atoms with Crippen LogP contribution in [0.2, 0.25) is 21.6 Å². The number of alkyl halides is 3. The molecule has 0 radical (unpaired) electrons. The summed E-state index contributed by atoms with van der Waals surface area (Å²) in [6.07, 6.45) is 0.0446. The van der Waals surface area contributed by atoms with Gasteiger partial charge in [-0.15, -0.1) is 0 Å². The lowest BCUT2D eigenvalue weighted by molar-refractivity contribution is -0.138. The van der Waals surface area contributed by atoms with E-state index < -0.39 is 47.4 Å². The maximum absolute atomic E-state index is 14.5. The third-order valence-corrected chi connectivity index (χ3v) is 17.7. The number of carbonyl (C=O) groups is 1. The summed E-state index contributed by atoms with van der Waals surface area (Å²) in [5.74, 6) is -0.596. The van der Waals surface area contributed by atoms with E-state index in [2.05, 4.69) is 50.8 Å². The van der Waals surface area contributed by atoms with Crippen LogP contribution in [0.1, 0.15) is 74.3 Å². The highest BCUT2D eigenvalue weighted by molar-refractivity contribution is 7.92. The van der Waals surface area contributed by atoms with Gasteiger partial charge < -0.3 is 8.97 Å². The van der Waals surface area contributed by atoms with Crippen LogP contribution in [0.15, 0.2) is 53.8 Å². The van der Waals surface area contributed by atoms with Gasteiger partial charge in [0.05, 0.1) is 21.2 Å². The smallest absolute Gasteiger partial charge is 0.363 e. The van der Waals surface area contributed by atoms with Crippen molar-refractivity contribution in [3.63, 3.8) is 0 Å². The van der Waals surface area contributed by atoms with Gasteiger partial charge in [0.2, 0.25) is 5.78 Å². The summed E-state index contributed by atoms with van der Waals surface area (Å²) in [5.41, 5.74) is 0.777. The lowest BCUT2D eigenvalue weighted by atomic mass is 10.00. The average molecular weight is 709 g/mol. The number of nitrogens with zero attached hydrogens (tertiary/aromatic N) is 4. The van der Waals surface area contributed by atoms with Crippen molar-refractivity contribution in [3.8, 4) is 0 Å². The first kappa shape index (κ1) is 36.6. The highest BCUT2D eigenvalue weighted by Crippen LogP contribution is 2.44. The molecule has 0 amide bonds. The van der Waals surface area contributed by atoms with E-state index in [1.54, 1.807) is 13.1 Å². The predicted molar refractivity (Wildman–Crippen MR) is 181 cm³/mol. The second kappa shape index (κ2) is 13.3. The number of hydrogen-bond donors (Lipinski definition) is 0. The lowest BCUT2D eigenvalue weighted by Gasteiger charge is -2.44. The molecule has 47 heavy (non-hydrogen) atoms. The van der Waals surface area contributed by atoms with E-state index in [1.165, 1.54) is 26.3 Å². The van der Waals surface area contributed by atoms with Crippen LogP contribution in [0.3, 0.4) is 0 Å². The standard InChI is InChI=1S/C33H40ClF3N4O4SSi/c1-19(2)47(20(3)4,21(5)6)41-13-12-26-29(23(8)16-39-32(26)41)31(42)30-28(14-24(34)17-38-30)40(18-45-9)46(43,44)25-11-10-22(7)27(15-25)33(35,36)37/h10-17,19-21H,18H2,1-9H3. The van der Waals surface area contributed by atoms with Crippen LogP contribution in [-0.2, 0) is 20.9 Å². The summed E-state index contributed by atoms with van der Waals surface area (Å²) in [6.45, 7) is 15.7. The molecule has 4 aromatic rings. The number of fused-ring (bicyclic) bond motifs is 1. The van der Waals surface area contributed by atoms with Crippen molar-refractivity contribution in [2.24, 2.45) is 0 Å². The third-order valence-electron chi connectivity index (χ3n) is 8.99. The summed E-state index contributed by atoms with van der Waals surface area (Å²) in [4.78, 5) is 23.0. The highest BCUT2D eigenvalue weighted by Gasteiger charge is 2.46. The molecule has 0 aliphatic rings. The van der Waals surface area contributed by atoms with Gasteiger partial charge in [0, 0.05) is 30.5 Å². The molecule has 0 N–H and O–H groups in total. The molecule has 0 spiro atoms. The molecule has 14 heteroatoms.